The largest absolute Gasteiger partial charge is 0.479 e. The molecular weight excluding hydrogens is 302 g/mol. The van der Waals surface area contributed by atoms with E-state index in [-0.39, 0.29) is 0 Å². The maximum absolute atomic E-state index is 6.02. The van der Waals surface area contributed by atoms with Gasteiger partial charge in [-0.2, -0.15) is 4.98 Å². The molecule has 0 aromatic carbocycles. The Hall–Kier alpha value is -1.53. The minimum absolute atomic E-state index is 0.545. The zero-order valence-corrected chi connectivity index (χ0v) is 15.3. The second-order valence-corrected chi connectivity index (χ2v) is 6.98. The highest BCUT2D eigenvalue weighted by molar-refractivity contribution is 5.60. The van der Waals surface area contributed by atoms with E-state index in [2.05, 4.69) is 28.7 Å². The summed E-state index contributed by atoms with van der Waals surface area (Å²) in [4.78, 5) is 12.2. The summed E-state index contributed by atoms with van der Waals surface area (Å²) in [6.45, 7) is 9.07. The van der Waals surface area contributed by atoms with Crippen molar-refractivity contribution in [1.29, 1.82) is 0 Å². The number of anilines is 2. The van der Waals surface area contributed by atoms with Crippen molar-refractivity contribution in [2.45, 2.75) is 32.2 Å². The lowest BCUT2D eigenvalue weighted by Gasteiger charge is -2.42. The highest BCUT2D eigenvalue weighted by Gasteiger charge is 2.28. The number of pyridine rings is 1. The van der Waals surface area contributed by atoms with Crippen molar-refractivity contribution in [2.24, 2.45) is 0 Å². The van der Waals surface area contributed by atoms with Gasteiger partial charge in [0.2, 0.25) is 5.88 Å². The SMILES string of the molecule is CCc1cc(N)c(OC)nc1N1CCC(N2CCN(C)CC2)CC1. The number of likely N-dealkylation sites (N-methyl/N-ethyl adjacent to an activating group) is 1. The Bertz CT molecular complexity index is 549. The lowest BCUT2D eigenvalue weighted by atomic mass is 10.0. The molecule has 0 aliphatic carbocycles. The third-order valence-electron chi connectivity index (χ3n) is 5.46. The third kappa shape index (κ3) is 3.59. The molecule has 1 aromatic rings. The standard InChI is InChI=1S/C18H31N5O/c1-4-14-13-16(19)18(24-3)20-17(14)23-7-5-15(6-8-23)22-11-9-21(2)10-12-22/h13,15H,4-12,19H2,1-3H3. The summed E-state index contributed by atoms with van der Waals surface area (Å²) >= 11 is 0. The van der Waals surface area contributed by atoms with E-state index >= 15 is 0 Å². The van der Waals surface area contributed by atoms with Crippen LogP contribution in [0.3, 0.4) is 0 Å². The molecule has 3 rings (SSSR count). The molecule has 1 aromatic heterocycles. The van der Waals surface area contributed by atoms with Crippen molar-refractivity contribution in [3.8, 4) is 5.88 Å². The highest BCUT2D eigenvalue weighted by Crippen LogP contribution is 2.30. The van der Waals surface area contributed by atoms with Gasteiger partial charge in [-0.25, -0.2) is 0 Å². The fraction of sp³-hybridized carbons (Fsp3) is 0.722. The van der Waals surface area contributed by atoms with Gasteiger partial charge in [0, 0.05) is 45.3 Å². The first kappa shape index (κ1) is 17.3. The van der Waals surface area contributed by atoms with Gasteiger partial charge in [0.1, 0.15) is 5.82 Å². The molecule has 0 bridgehead atoms. The van der Waals surface area contributed by atoms with Crippen LogP contribution in [-0.4, -0.2) is 74.3 Å². The maximum atomic E-state index is 6.02. The van der Waals surface area contributed by atoms with E-state index in [1.165, 1.54) is 44.6 Å². The molecule has 2 N–H and O–H groups in total. The van der Waals surface area contributed by atoms with Crippen LogP contribution in [0.15, 0.2) is 6.07 Å². The van der Waals surface area contributed by atoms with Crippen molar-refractivity contribution < 1.29 is 4.74 Å². The summed E-state index contributed by atoms with van der Waals surface area (Å²) in [6, 6.07) is 2.74. The number of ether oxygens (including phenoxy) is 1. The molecule has 2 aliphatic rings. The average molecular weight is 333 g/mol. The Labute approximate surface area is 145 Å². The molecule has 0 saturated carbocycles. The zero-order valence-electron chi connectivity index (χ0n) is 15.3. The fourth-order valence-electron chi connectivity index (χ4n) is 3.87. The Morgan fingerprint density at radius 1 is 1.17 bits per heavy atom. The van der Waals surface area contributed by atoms with Crippen LogP contribution in [0.1, 0.15) is 25.3 Å². The molecule has 2 fully saturated rings. The molecule has 3 heterocycles. The average Bonchev–Trinajstić information content (AvgIpc) is 2.62. The van der Waals surface area contributed by atoms with Crippen LogP contribution in [0.5, 0.6) is 5.88 Å². The van der Waals surface area contributed by atoms with Gasteiger partial charge in [-0.05, 0) is 37.9 Å². The second kappa shape index (κ2) is 7.57. The van der Waals surface area contributed by atoms with Gasteiger partial charge in [-0.15, -0.1) is 0 Å². The van der Waals surface area contributed by atoms with E-state index in [0.717, 1.165) is 31.4 Å². The number of piperazine rings is 1. The van der Waals surface area contributed by atoms with E-state index in [1.807, 2.05) is 6.07 Å². The fourth-order valence-corrected chi connectivity index (χ4v) is 3.87. The Kier molecular flexibility index (Phi) is 5.46. The van der Waals surface area contributed by atoms with Crippen molar-refractivity contribution in [2.75, 3.05) is 64.1 Å². The van der Waals surface area contributed by atoms with Crippen LogP contribution in [0, 0.1) is 0 Å². The topological polar surface area (TPSA) is 57.9 Å². The molecular formula is C18H31N5O. The molecule has 2 aliphatic heterocycles. The van der Waals surface area contributed by atoms with Gasteiger partial charge >= 0.3 is 0 Å². The van der Waals surface area contributed by atoms with E-state index < -0.39 is 0 Å². The van der Waals surface area contributed by atoms with E-state index in [1.54, 1.807) is 7.11 Å². The van der Waals surface area contributed by atoms with Crippen LogP contribution >= 0.6 is 0 Å². The van der Waals surface area contributed by atoms with Gasteiger partial charge < -0.3 is 20.3 Å². The van der Waals surface area contributed by atoms with Gasteiger partial charge in [0.05, 0.1) is 12.8 Å². The zero-order chi connectivity index (χ0) is 17.1. The Morgan fingerprint density at radius 3 is 2.42 bits per heavy atom. The van der Waals surface area contributed by atoms with E-state index in [0.29, 0.717) is 11.6 Å². The lowest BCUT2D eigenvalue weighted by Crippen LogP contribution is -2.52. The molecule has 0 spiro atoms. The molecule has 2 saturated heterocycles. The minimum atomic E-state index is 0.545. The van der Waals surface area contributed by atoms with Crippen molar-refractivity contribution in [1.82, 2.24) is 14.8 Å². The van der Waals surface area contributed by atoms with Crippen molar-refractivity contribution in [3.63, 3.8) is 0 Å². The summed E-state index contributed by atoms with van der Waals surface area (Å²) in [5, 5.41) is 0. The number of piperidine rings is 1. The Balaban J connectivity index is 1.66. The predicted molar refractivity (Wildman–Crippen MR) is 98.9 cm³/mol. The third-order valence-corrected chi connectivity index (χ3v) is 5.46. The number of nitrogen functional groups attached to an aromatic ring is 1. The summed E-state index contributed by atoms with van der Waals surface area (Å²) in [5.74, 6) is 1.60. The first-order chi connectivity index (χ1) is 11.6. The Morgan fingerprint density at radius 2 is 1.83 bits per heavy atom. The van der Waals surface area contributed by atoms with Crippen molar-refractivity contribution >= 4 is 11.5 Å². The summed E-state index contributed by atoms with van der Waals surface area (Å²) < 4.78 is 5.33. The van der Waals surface area contributed by atoms with Crippen molar-refractivity contribution in [3.05, 3.63) is 11.6 Å². The highest BCUT2D eigenvalue weighted by atomic mass is 16.5. The summed E-state index contributed by atoms with van der Waals surface area (Å²) in [7, 11) is 3.85. The predicted octanol–water partition coefficient (Wildman–Crippen LogP) is 1.45. The van der Waals surface area contributed by atoms with E-state index in [4.69, 9.17) is 15.5 Å². The number of aromatic nitrogens is 1. The van der Waals surface area contributed by atoms with Crippen LogP contribution in [0.2, 0.25) is 0 Å². The maximum Gasteiger partial charge on any atom is 0.238 e. The monoisotopic (exact) mass is 333 g/mol. The first-order valence-electron chi connectivity index (χ1n) is 9.13. The molecule has 134 valence electrons. The normalized spacial score (nSPS) is 21.2. The van der Waals surface area contributed by atoms with Gasteiger partial charge in [0.15, 0.2) is 0 Å². The summed E-state index contributed by atoms with van der Waals surface area (Å²) in [5.41, 5.74) is 7.86. The smallest absolute Gasteiger partial charge is 0.238 e. The lowest BCUT2D eigenvalue weighted by molar-refractivity contribution is 0.0981. The molecule has 6 heteroatoms. The van der Waals surface area contributed by atoms with E-state index in [9.17, 15) is 0 Å². The van der Waals surface area contributed by atoms with Crippen LogP contribution in [-0.2, 0) is 6.42 Å². The van der Waals surface area contributed by atoms with Crippen LogP contribution < -0.4 is 15.4 Å². The molecule has 24 heavy (non-hydrogen) atoms. The molecule has 0 atom stereocenters. The van der Waals surface area contributed by atoms with Gasteiger partial charge in [-0.1, -0.05) is 6.92 Å². The molecule has 6 nitrogen and oxygen atoms in total. The number of hydrogen-bond acceptors (Lipinski definition) is 6. The molecule has 0 unspecified atom stereocenters. The number of nitrogens with two attached hydrogens (primary N) is 1. The molecule has 0 amide bonds. The van der Waals surface area contributed by atoms with Crippen LogP contribution in [0.4, 0.5) is 11.5 Å². The molecule has 0 radical (unpaired) electrons. The second-order valence-electron chi connectivity index (χ2n) is 6.98. The van der Waals surface area contributed by atoms with Gasteiger partial charge in [0.25, 0.3) is 0 Å². The van der Waals surface area contributed by atoms with Gasteiger partial charge in [-0.3, -0.25) is 4.90 Å². The summed E-state index contributed by atoms with van der Waals surface area (Å²) in [6.07, 6.45) is 3.36. The number of hydrogen-bond donors (Lipinski definition) is 1. The van der Waals surface area contributed by atoms with Crippen LogP contribution in [0.25, 0.3) is 0 Å². The number of nitrogens with zero attached hydrogens (tertiary/aromatic N) is 4. The minimum Gasteiger partial charge on any atom is -0.479 e. The number of methoxy groups -OCH3 is 1. The first-order valence-corrected chi connectivity index (χ1v) is 9.13. The number of rotatable bonds is 4. The quantitative estimate of drug-likeness (QED) is 0.900. The number of aryl methyl sites for hydroxylation is 1.